The summed E-state index contributed by atoms with van der Waals surface area (Å²) in [6.45, 7) is 0.301. The number of carbonyl (C=O) groups is 3. The number of nitrogens with zero attached hydrogens (tertiary/aromatic N) is 1. The molecule has 146 valence electrons. The molecule has 1 heterocycles. The van der Waals surface area contributed by atoms with E-state index < -0.39 is 23.2 Å². The van der Waals surface area contributed by atoms with Crippen molar-refractivity contribution in [2.45, 2.75) is 44.1 Å². The lowest BCUT2D eigenvalue weighted by atomic mass is 9.81. The quantitative estimate of drug-likeness (QED) is 0.588. The number of hydrogen-bond acceptors (Lipinski definition) is 3. The van der Waals surface area contributed by atoms with Crippen molar-refractivity contribution in [1.29, 1.82) is 0 Å². The molecule has 1 unspecified atom stereocenters. The summed E-state index contributed by atoms with van der Waals surface area (Å²) in [5.74, 6) is -2.38. The van der Waals surface area contributed by atoms with Gasteiger partial charge in [0.15, 0.2) is 0 Å². The van der Waals surface area contributed by atoms with Crippen molar-refractivity contribution < 1.29 is 19.5 Å². The molecule has 0 bridgehead atoms. The molecule has 1 N–H and O–H groups in total. The number of Topliss-reactive ketones (excluding diaryl/α,β-unsaturated/α-hetero) is 1. The zero-order chi connectivity index (χ0) is 20.0. The van der Waals surface area contributed by atoms with Crippen LogP contribution in [0, 0.1) is 0 Å². The van der Waals surface area contributed by atoms with Crippen molar-refractivity contribution in [3.05, 3.63) is 71.8 Å². The molecular formula is C23H25NO4. The standard InChI is InChI=1S/C23H25NO4/c25-20(19-13-5-2-6-14-19)21(26)24-17-8-7-15-23(24,22(27)28)16-9-12-18-10-3-1-4-11-18/h1-6,10-11,13-14H,7-9,12,15-17H2,(H,27,28). The third kappa shape index (κ3) is 4.14. The minimum absolute atomic E-state index is 0.293. The van der Waals surface area contributed by atoms with E-state index in [0.717, 1.165) is 18.4 Å². The Bertz CT molecular complexity index is 834. The molecule has 2 aromatic rings. The molecule has 5 nitrogen and oxygen atoms in total. The van der Waals surface area contributed by atoms with Crippen LogP contribution in [0.4, 0.5) is 0 Å². The van der Waals surface area contributed by atoms with Crippen LogP contribution in [0.5, 0.6) is 0 Å². The fourth-order valence-corrected chi connectivity index (χ4v) is 3.99. The highest BCUT2D eigenvalue weighted by Crippen LogP contribution is 2.34. The first-order chi connectivity index (χ1) is 13.5. The number of hydrogen-bond donors (Lipinski definition) is 1. The minimum Gasteiger partial charge on any atom is -0.479 e. The normalized spacial score (nSPS) is 19.2. The van der Waals surface area contributed by atoms with E-state index in [-0.39, 0.29) is 0 Å². The summed E-state index contributed by atoms with van der Waals surface area (Å²) in [6.07, 6.45) is 3.54. The first-order valence-electron chi connectivity index (χ1n) is 9.73. The highest BCUT2D eigenvalue weighted by molar-refractivity contribution is 6.43. The zero-order valence-electron chi connectivity index (χ0n) is 15.8. The van der Waals surface area contributed by atoms with Crippen LogP contribution in [0.15, 0.2) is 60.7 Å². The summed E-state index contributed by atoms with van der Waals surface area (Å²) in [7, 11) is 0. The van der Waals surface area contributed by atoms with E-state index in [1.165, 1.54) is 4.90 Å². The Morgan fingerprint density at radius 3 is 2.21 bits per heavy atom. The molecule has 0 spiro atoms. The van der Waals surface area contributed by atoms with Gasteiger partial charge >= 0.3 is 5.97 Å². The summed E-state index contributed by atoms with van der Waals surface area (Å²) in [6, 6.07) is 18.2. The van der Waals surface area contributed by atoms with Crippen molar-refractivity contribution >= 4 is 17.7 Å². The average Bonchev–Trinajstić information content (AvgIpc) is 2.74. The van der Waals surface area contributed by atoms with E-state index in [1.807, 2.05) is 30.3 Å². The van der Waals surface area contributed by atoms with E-state index in [9.17, 15) is 19.5 Å². The number of carbonyl (C=O) groups excluding carboxylic acids is 2. The summed E-state index contributed by atoms with van der Waals surface area (Å²) >= 11 is 0. The average molecular weight is 379 g/mol. The predicted molar refractivity (Wildman–Crippen MR) is 106 cm³/mol. The number of carboxylic acids is 1. The van der Waals surface area contributed by atoms with Crippen LogP contribution in [-0.2, 0) is 16.0 Å². The Morgan fingerprint density at radius 1 is 0.929 bits per heavy atom. The van der Waals surface area contributed by atoms with Gasteiger partial charge in [0.25, 0.3) is 5.91 Å². The number of likely N-dealkylation sites (tertiary alicyclic amines) is 1. The lowest BCUT2D eigenvalue weighted by Gasteiger charge is -2.44. The lowest BCUT2D eigenvalue weighted by molar-refractivity contribution is -0.161. The van der Waals surface area contributed by atoms with Gasteiger partial charge in [-0.15, -0.1) is 0 Å². The molecule has 0 radical (unpaired) electrons. The fraction of sp³-hybridized carbons (Fsp3) is 0.348. The van der Waals surface area contributed by atoms with E-state index in [1.54, 1.807) is 30.3 Å². The van der Waals surface area contributed by atoms with E-state index in [2.05, 4.69) is 0 Å². The molecule has 1 amide bonds. The number of piperidine rings is 1. The molecule has 0 aliphatic carbocycles. The number of rotatable bonds is 7. The van der Waals surface area contributed by atoms with E-state index in [4.69, 9.17) is 0 Å². The molecule has 3 rings (SSSR count). The zero-order valence-corrected chi connectivity index (χ0v) is 15.8. The van der Waals surface area contributed by atoms with Gasteiger partial charge in [0, 0.05) is 12.1 Å². The maximum absolute atomic E-state index is 13.0. The number of ketones is 1. The van der Waals surface area contributed by atoms with Crippen LogP contribution in [-0.4, -0.2) is 39.7 Å². The van der Waals surface area contributed by atoms with Gasteiger partial charge in [0.2, 0.25) is 5.78 Å². The van der Waals surface area contributed by atoms with Gasteiger partial charge in [0.05, 0.1) is 0 Å². The second-order valence-corrected chi connectivity index (χ2v) is 7.28. The summed E-state index contributed by atoms with van der Waals surface area (Å²) in [5.41, 5.74) is 0.118. The Labute approximate surface area is 165 Å². The molecule has 5 heteroatoms. The molecule has 28 heavy (non-hydrogen) atoms. The predicted octanol–water partition coefficient (Wildman–Crippen LogP) is 3.73. The molecule has 0 saturated carbocycles. The molecule has 0 aromatic heterocycles. The highest BCUT2D eigenvalue weighted by Gasteiger charge is 2.48. The topological polar surface area (TPSA) is 74.7 Å². The van der Waals surface area contributed by atoms with Gasteiger partial charge in [-0.2, -0.15) is 0 Å². The van der Waals surface area contributed by atoms with Gasteiger partial charge in [-0.3, -0.25) is 9.59 Å². The number of benzene rings is 2. The summed E-state index contributed by atoms with van der Waals surface area (Å²) < 4.78 is 0. The molecule has 1 saturated heterocycles. The number of amides is 1. The molecule has 1 fully saturated rings. The van der Waals surface area contributed by atoms with Gasteiger partial charge in [-0.05, 0) is 44.1 Å². The van der Waals surface area contributed by atoms with E-state index >= 15 is 0 Å². The first kappa shape index (κ1) is 19.8. The Balaban J connectivity index is 1.79. The molecular weight excluding hydrogens is 354 g/mol. The van der Waals surface area contributed by atoms with Gasteiger partial charge in [0.1, 0.15) is 5.54 Å². The lowest BCUT2D eigenvalue weighted by Crippen LogP contribution is -2.60. The Hall–Kier alpha value is -2.95. The third-order valence-corrected chi connectivity index (χ3v) is 5.51. The van der Waals surface area contributed by atoms with Crippen LogP contribution >= 0.6 is 0 Å². The SMILES string of the molecule is O=C(C(=O)N1CCCCC1(CCCc1ccccc1)C(=O)O)c1ccccc1. The molecule has 1 atom stereocenters. The second kappa shape index (κ2) is 8.83. The molecule has 1 aliphatic heterocycles. The Kier molecular flexibility index (Phi) is 6.24. The molecule has 1 aliphatic rings. The van der Waals surface area contributed by atoms with Crippen LogP contribution in [0.25, 0.3) is 0 Å². The van der Waals surface area contributed by atoms with Gasteiger partial charge < -0.3 is 10.0 Å². The monoisotopic (exact) mass is 379 g/mol. The number of carboxylic acid groups (broad SMARTS) is 1. The highest BCUT2D eigenvalue weighted by atomic mass is 16.4. The van der Waals surface area contributed by atoms with Gasteiger partial charge in [-0.25, -0.2) is 4.79 Å². The van der Waals surface area contributed by atoms with Crippen molar-refractivity contribution in [3.8, 4) is 0 Å². The van der Waals surface area contributed by atoms with Gasteiger partial charge in [-0.1, -0.05) is 60.7 Å². The van der Waals surface area contributed by atoms with E-state index in [0.29, 0.717) is 37.8 Å². The summed E-state index contributed by atoms with van der Waals surface area (Å²) in [5, 5.41) is 10.1. The number of aliphatic carboxylic acids is 1. The van der Waals surface area contributed by atoms with Crippen LogP contribution in [0.3, 0.4) is 0 Å². The second-order valence-electron chi connectivity index (χ2n) is 7.28. The summed E-state index contributed by atoms with van der Waals surface area (Å²) in [4.78, 5) is 39.2. The number of aryl methyl sites for hydroxylation is 1. The minimum atomic E-state index is -1.31. The maximum atomic E-state index is 13.0. The third-order valence-electron chi connectivity index (χ3n) is 5.51. The smallest absolute Gasteiger partial charge is 0.329 e. The van der Waals surface area contributed by atoms with Crippen molar-refractivity contribution in [2.24, 2.45) is 0 Å². The van der Waals surface area contributed by atoms with Crippen molar-refractivity contribution in [2.75, 3.05) is 6.54 Å². The molecule has 2 aromatic carbocycles. The first-order valence-corrected chi connectivity index (χ1v) is 9.73. The fourth-order valence-electron chi connectivity index (χ4n) is 3.99. The van der Waals surface area contributed by atoms with Crippen LogP contribution in [0.1, 0.15) is 48.0 Å². The maximum Gasteiger partial charge on any atom is 0.329 e. The van der Waals surface area contributed by atoms with Crippen LogP contribution < -0.4 is 0 Å². The largest absolute Gasteiger partial charge is 0.479 e. The Morgan fingerprint density at radius 2 is 1.57 bits per heavy atom. The van der Waals surface area contributed by atoms with Crippen LogP contribution in [0.2, 0.25) is 0 Å². The van der Waals surface area contributed by atoms with Crippen molar-refractivity contribution in [1.82, 2.24) is 4.90 Å². The van der Waals surface area contributed by atoms with Crippen molar-refractivity contribution in [3.63, 3.8) is 0 Å².